The maximum atomic E-state index is 12.4. The molecule has 8 nitrogen and oxygen atoms in total. The number of ether oxygens (including phenoxy) is 3. The highest BCUT2D eigenvalue weighted by molar-refractivity contribution is 7.15. The number of rotatable bonds is 4. The summed E-state index contributed by atoms with van der Waals surface area (Å²) in [6, 6.07) is 5.46. The molecule has 1 N–H and O–H groups in total. The van der Waals surface area contributed by atoms with Crippen LogP contribution in [0.25, 0.3) is 0 Å². The minimum atomic E-state index is -0.315. The first kappa shape index (κ1) is 17.6. The summed E-state index contributed by atoms with van der Waals surface area (Å²) >= 11 is 1.40. The summed E-state index contributed by atoms with van der Waals surface area (Å²) in [5.41, 5.74) is 1.77. The highest BCUT2D eigenvalue weighted by Crippen LogP contribution is 2.33. The molecule has 1 aromatic carbocycles. The Labute approximate surface area is 160 Å². The molecule has 142 valence electrons. The molecule has 2 aliphatic heterocycles. The Bertz CT molecular complexity index is 882. The third kappa shape index (κ3) is 3.82. The van der Waals surface area contributed by atoms with Crippen molar-refractivity contribution in [2.24, 2.45) is 0 Å². The Hall–Kier alpha value is -2.81. The number of hydrogen-bond donors (Lipinski definition) is 1. The third-order valence-electron chi connectivity index (χ3n) is 4.31. The Kier molecular flexibility index (Phi) is 4.85. The number of thiazole rings is 1. The number of nitrogens with zero attached hydrogens (tertiary/aromatic N) is 2. The van der Waals surface area contributed by atoms with Crippen LogP contribution in [0.15, 0.2) is 18.2 Å². The Balaban J connectivity index is 1.38. The lowest BCUT2D eigenvalue weighted by molar-refractivity contribution is -0.115. The van der Waals surface area contributed by atoms with E-state index in [1.807, 2.05) is 12.1 Å². The molecule has 3 heterocycles. The molecule has 2 aliphatic rings. The summed E-state index contributed by atoms with van der Waals surface area (Å²) in [5.74, 6) is 1.20. The van der Waals surface area contributed by atoms with E-state index < -0.39 is 0 Å². The van der Waals surface area contributed by atoms with Gasteiger partial charge in [0.2, 0.25) is 12.7 Å². The maximum absolute atomic E-state index is 12.4. The predicted octanol–water partition coefficient (Wildman–Crippen LogP) is 2.57. The topological polar surface area (TPSA) is 90.0 Å². The van der Waals surface area contributed by atoms with Gasteiger partial charge >= 0.3 is 6.09 Å². The van der Waals surface area contributed by atoms with Crippen molar-refractivity contribution < 1.29 is 23.8 Å². The smallest absolute Gasteiger partial charge is 0.410 e. The van der Waals surface area contributed by atoms with Gasteiger partial charge in [0.25, 0.3) is 0 Å². The molecule has 0 saturated heterocycles. The maximum Gasteiger partial charge on any atom is 0.410 e. The van der Waals surface area contributed by atoms with E-state index in [-0.39, 0.29) is 25.2 Å². The summed E-state index contributed by atoms with van der Waals surface area (Å²) in [6.07, 6.45) is 0.559. The second-order valence-corrected chi connectivity index (χ2v) is 7.26. The van der Waals surface area contributed by atoms with Crippen molar-refractivity contribution in [3.63, 3.8) is 0 Å². The number of carbonyl (C=O) groups excluding carboxylic acids is 2. The number of benzene rings is 1. The van der Waals surface area contributed by atoms with Gasteiger partial charge in [0.05, 0.1) is 25.3 Å². The molecule has 0 atom stereocenters. The van der Waals surface area contributed by atoms with Crippen LogP contribution in [-0.2, 0) is 28.9 Å². The molecule has 1 aromatic heterocycles. The van der Waals surface area contributed by atoms with Gasteiger partial charge < -0.3 is 24.4 Å². The van der Waals surface area contributed by atoms with Gasteiger partial charge in [-0.25, -0.2) is 9.78 Å². The number of hydrogen-bond acceptors (Lipinski definition) is 7. The number of fused-ring (bicyclic) bond motifs is 2. The van der Waals surface area contributed by atoms with Crippen LogP contribution in [0.1, 0.15) is 23.1 Å². The van der Waals surface area contributed by atoms with Gasteiger partial charge in [-0.1, -0.05) is 17.4 Å². The number of aromatic nitrogens is 1. The first-order valence-corrected chi connectivity index (χ1v) is 9.52. The van der Waals surface area contributed by atoms with Gasteiger partial charge in [0.1, 0.15) is 0 Å². The van der Waals surface area contributed by atoms with Crippen molar-refractivity contribution in [1.82, 2.24) is 9.88 Å². The lowest BCUT2D eigenvalue weighted by Crippen LogP contribution is -2.35. The number of carbonyl (C=O) groups is 2. The monoisotopic (exact) mass is 389 g/mol. The van der Waals surface area contributed by atoms with Crippen LogP contribution < -0.4 is 14.8 Å². The minimum Gasteiger partial charge on any atom is -0.454 e. The summed E-state index contributed by atoms with van der Waals surface area (Å²) < 4.78 is 15.7. The predicted molar refractivity (Wildman–Crippen MR) is 98.1 cm³/mol. The van der Waals surface area contributed by atoms with Crippen LogP contribution in [0.4, 0.5) is 9.93 Å². The second kappa shape index (κ2) is 7.43. The third-order valence-corrected chi connectivity index (χ3v) is 5.30. The van der Waals surface area contributed by atoms with Crippen molar-refractivity contribution >= 4 is 28.5 Å². The van der Waals surface area contributed by atoms with E-state index in [0.717, 1.165) is 16.1 Å². The normalized spacial score (nSPS) is 14.6. The van der Waals surface area contributed by atoms with Gasteiger partial charge in [0.15, 0.2) is 16.6 Å². The first-order chi connectivity index (χ1) is 13.1. The fourth-order valence-electron chi connectivity index (χ4n) is 3.02. The standard InChI is InChI=1S/C18H19N3O5S/c1-2-24-18(23)21-6-5-12-15(9-21)27-17(19-12)20-16(22)8-11-3-4-13-14(7-11)26-10-25-13/h3-4,7H,2,5-6,8-10H2,1H3,(H,19,20,22). The van der Waals surface area contributed by atoms with Crippen molar-refractivity contribution in [3.8, 4) is 11.5 Å². The van der Waals surface area contributed by atoms with Crippen LogP contribution in [0, 0.1) is 0 Å². The lowest BCUT2D eigenvalue weighted by atomic mass is 10.1. The lowest BCUT2D eigenvalue weighted by Gasteiger charge is -2.24. The number of anilines is 1. The first-order valence-electron chi connectivity index (χ1n) is 8.71. The van der Waals surface area contributed by atoms with Crippen LogP contribution in [-0.4, -0.2) is 41.8 Å². The summed E-state index contributed by atoms with van der Waals surface area (Å²) in [4.78, 5) is 31.4. The average molecular weight is 389 g/mol. The zero-order chi connectivity index (χ0) is 18.8. The zero-order valence-electron chi connectivity index (χ0n) is 14.8. The van der Waals surface area contributed by atoms with Crippen molar-refractivity contribution in [3.05, 3.63) is 34.3 Å². The molecule has 2 amide bonds. The summed E-state index contributed by atoms with van der Waals surface area (Å²) in [6.45, 7) is 3.38. The number of nitrogens with one attached hydrogen (secondary N) is 1. The van der Waals surface area contributed by atoms with Gasteiger partial charge in [-0.2, -0.15) is 0 Å². The average Bonchev–Trinajstić information content (AvgIpc) is 3.26. The van der Waals surface area contributed by atoms with Crippen molar-refractivity contribution in [1.29, 1.82) is 0 Å². The Morgan fingerprint density at radius 2 is 2.19 bits per heavy atom. The van der Waals surface area contributed by atoms with Gasteiger partial charge in [-0.15, -0.1) is 0 Å². The molecular weight excluding hydrogens is 370 g/mol. The summed E-state index contributed by atoms with van der Waals surface area (Å²) in [5, 5.41) is 3.40. The second-order valence-electron chi connectivity index (χ2n) is 6.17. The van der Waals surface area contributed by atoms with Crippen LogP contribution >= 0.6 is 11.3 Å². The molecule has 9 heteroatoms. The SMILES string of the molecule is CCOC(=O)N1CCc2nc(NC(=O)Cc3ccc4c(c3)OCO4)sc2C1. The van der Waals surface area contributed by atoms with Crippen molar-refractivity contribution in [2.45, 2.75) is 26.3 Å². The summed E-state index contributed by atoms with van der Waals surface area (Å²) in [7, 11) is 0. The molecule has 4 rings (SSSR count). The molecule has 0 spiro atoms. The molecule has 0 radical (unpaired) electrons. The number of amides is 2. The van der Waals surface area contributed by atoms with E-state index in [9.17, 15) is 9.59 Å². The van der Waals surface area contributed by atoms with E-state index in [1.165, 1.54) is 11.3 Å². The van der Waals surface area contributed by atoms with Gasteiger partial charge in [-0.05, 0) is 24.6 Å². The van der Waals surface area contributed by atoms with E-state index in [2.05, 4.69) is 10.3 Å². The minimum absolute atomic E-state index is 0.151. The van der Waals surface area contributed by atoms with Crippen LogP contribution in [0.3, 0.4) is 0 Å². The van der Waals surface area contributed by atoms with Crippen LogP contribution in [0.5, 0.6) is 11.5 Å². The van der Waals surface area contributed by atoms with Crippen molar-refractivity contribution in [2.75, 3.05) is 25.3 Å². The van der Waals surface area contributed by atoms with Gasteiger partial charge in [-0.3, -0.25) is 4.79 Å². The van der Waals surface area contributed by atoms with E-state index in [0.29, 0.717) is 42.7 Å². The molecule has 0 fully saturated rings. The van der Waals surface area contributed by atoms with E-state index >= 15 is 0 Å². The highest BCUT2D eigenvalue weighted by Gasteiger charge is 2.25. The molecule has 0 bridgehead atoms. The van der Waals surface area contributed by atoms with Crippen LogP contribution in [0.2, 0.25) is 0 Å². The molecular formula is C18H19N3O5S. The fourth-order valence-corrected chi connectivity index (χ4v) is 4.06. The van der Waals surface area contributed by atoms with E-state index in [1.54, 1.807) is 17.9 Å². The zero-order valence-corrected chi connectivity index (χ0v) is 15.6. The highest BCUT2D eigenvalue weighted by atomic mass is 32.1. The Morgan fingerprint density at radius 3 is 3.04 bits per heavy atom. The molecule has 2 aromatic rings. The molecule has 27 heavy (non-hydrogen) atoms. The Morgan fingerprint density at radius 1 is 1.33 bits per heavy atom. The van der Waals surface area contributed by atoms with E-state index in [4.69, 9.17) is 14.2 Å². The largest absolute Gasteiger partial charge is 0.454 e. The molecule has 0 unspecified atom stereocenters. The quantitative estimate of drug-likeness (QED) is 0.864. The molecule has 0 aliphatic carbocycles. The molecule has 0 saturated carbocycles. The fraction of sp³-hybridized carbons (Fsp3) is 0.389. The van der Waals surface area contributed by atoms with Gasteiger partial charge in [0, 0.05) is 17.8 Å².